The van der Waals surface area contributed by atoms with E-state index in [-0.39, 0.29) is 16.8 Å². The molecule has 0 unspecified atom stereocenters. The number of fused-ring (bicyclic) bond motifs is 1. The Morgan fingerprint density at radius 1 is 1.23 bits per heavy atom. The molecule has 4 rings (SSSR count). The van der Waals surface area contributed by atoms with Crippen LogP contribution in [0, 0.1) is 17.7 Å². The van der Waals surface area contributed by atoms with Gasteiger partial charge in [0.05, 0.1) is 0 Å². The third-order valence-corrected chi connectivity index (χ3v) is 4.86. The molecule has 1 N–H and O–H groups in total. The number of nitrogens with zero attached hydrogens (tertiary/aromatic N) is 4. The molecule has 0 bridgehead atoms. The lowest BCUT2D eigenvalue weighted by molar-refractivity contribution is 0.110. The number of halogens is 2. The van der Waals surface area contributed by atoms with Gasteiger partial charge >= 0.3 is 0 Å². The molecule has 5 nitrogen and oxygen atoms in total. The highest BCUT2D eigenvalue weighted by molar-refractivity contribution is 6.33. The molecular weight excluding hydrogens is 355 g/mol. The monoisotopic (exact) mass is 370 g/mol. The summed E-state index contributed by atoms with van der Waals surface area (Å²) in [6.07, 6.45) is 3.24. The molecular formula is C19H16ClFN4O. The Kier molecular flexibility index (Phi) is 4.14. The summed E-state index contributed by atoms with van der Waals surface area (Å²) in [4.78, 5) is 13.1. The molecule has 1 aliphatic carbocycles. The number of aliphatic hydroxyl groups is 1. The SMILES string of the molecule is Cn1c(-c2cccc(F)c2)nc2c(Cl)nc(C#CC3(O)CCCC3)nc21. The van der Waals surface area contributed by atoms with E-state index in [9.17, 15) is 9.50 Å². The number of hydrogen-bond acceptors (Lipinski definition) is 4. The van der Waals surface area contributed by atoms with Gasteiger partial charge in [-0.1, -0.05) is 29.7 Å². The highest BCUT2D eigenvalue weighted by Crippen LogP contribution is 2.29. The predicted molar refractivity (Wildman–Crippen MR) is 97.0 cm³/mol. The molecule has 0 amide bonds. The van der Waals surface area contributed by atoms with Crippen LogP contribution in [-0.2, 0) is 7.05 Å². The molecule has 1 aromatic carbocycles. The van der Waals surface area contributed by atoms with E-state index in [0.29, 0.717) is 35.4 Å². The van der Waals surface area contributed by atoms with Crippen LogP contribution in [0.25, 0.3) is 22.6 Å². The summed E-state index contributed by atoms with van der Waals surface area (Å²) < 4.78 is 15.3. The first kappa shape index (κ1) is 17.0. The topological polar surface area (TPSA) is 63.8 Å². The van der Waals surface area contributed by atoms with Crippen LogP contribution in [0.4, 0.5) is 4.39 Å². The molecule has 3 aromatic rings. The van der Waals surface area contributed by atoms with Gasteiger partial charge in [-0.2, -0.15) is 0 Å². The van der Waals surface area contributed by atoms with Gasteiger partial charge in [0, 0.05) is 12.6 Å². The Morgan fingerprint density at radius 2 is 2.00 bits per heavy atom. The third kappa shape index (κ3) is 3.05. The zero-order valence-electron chi connectivity index (χ0n) is 14.1. The molecule has 0 saturated heterocycles. The fourth-order valence-electron chi connectivity index (χ4n) is 3.23. The van der Waals surface area contributed by atoms with Crippen LogP contribution in [0.15, 0.2) is 24.3 Å². The van der Waals surface area contributed by atoms with Gasteiger partial charge in [-0.25, -0.2) is 19.3 Å². The zero-order valence-corrected chi connectivity index (χ0v) is 14.9. The molecule has 26 heavy (non-hydrogen) atoms. The maximum absolute atomic E-state index is 13.5. The summed E-state index contributed by atoms with van der Waals surface area (Å²) in [5.41, 5.74) is 0.587. The average Bonchev–Trinajstić information content (AvgIpc) is 3.18. The second-order valence-electron chi connectivity index (χ2n) is 6.50. The third-order valence-electron chi connectivity index (χ3n) is 4.60. The van der Waals surface area contributed by atoms with Crippen molar-refractivity contribution in [2.24, 2.45) is 7.05 Å². The zero-order chi connectivity index (χ0) is 18.3. The number of rotatable bonds is 1. The lowest BCUT2D eigenvalue weighted by atomic mass is 10.0. The number of hydrogen-bond donors (Lipinski definition) is 1. The predicted octanol–water partition coefficient (Wildman–Crippen LogP) is 3.48. The molecule has 0 radical (unpaired) electrons. The van der Waals surface area contributed by atoms with E-state index in [1.54, 1.807) is 23.7 Å². The molecule has 1 aliphatic rings. The van der Waals surface area contributed by atoms with Crippen molar-refractivity contribution in [1.29, 1.82) is 0 Å². The first-order valence-corrected chi connectivity index (χ1v) is 8.74. The molecule has 2 aromatic heterocycles. The Morgan fingerprint density at radius 3 is 2.73 bits per heavy atom. The van der Waals surface area contributed by atoms with Crippen molar-refractivity contribution >= 4 is 22.8 Å². The summed E-state index contributed by atoms with van der Waals surface area (Å²) in [6, 6.07) is 6.16. The summed E-state index contributed by atoms with van der Waals surface area (Å²) in [7, 11) is 1.78. The maximum atomic E-state index is 13.5. The van der Waals surface area contributed by atoms with Crippen molar-refractivity contribution in [3.05, 3.63) is 41.1 Å². The van der Waals surface area contributed by atoms with Crippen molar-refractivity contribution in [2.75, 3.05) is 0 Å². The lowest BCUT2D eigenvalue weighted by Gasteiger charge is -2.12. The standard InChI is InChI=1S/C19H16ClFN4O/c1-25-17(12-5-4-6-13(21)11-12)24-15-16(20)22-14(23-18(15)25)7-10-19(26)8-2-3-9-19/h4-6,11,26H,2-3,8-9H2,1H3. The van der Waals surface area contributed by atoms with Crippen LogP contribution in [0.1, 0.15) is 31.5 Å². The Balaban J connectivity index is 1.80. The first-order valence-electron chi connectivity index (χ1n) is 8.37. The van der Waals surface area contributed by atoms with Crippen LogP contribution < -0.4 is 0 Å². The Labute approximate surface area is 154 Å². The minimum atomic E-state index is -0.968. The quantitative estimate of drug-likeness (QED) is 0.526. The van der Waals surface area contributed by atoms with Crippen LogP contribution in [0.3, 0.4) is 0 Å². The van der Waals surface area contributed by atoms with E-state index in [2.05, 4.69) is 26.8 Å². The largest absolute Gasteiger partial charge is 0.378 e. The van der Waals surface area contributed by atoms with E-state index in [1.165, 1.54) is 12.1 Å². The molecule has 2 heterocycles. The number of aromatic nitrogens is 4. The molecule has 0 spiro atoms. The Hall–Kier alpha value is -2.49. The molecule has 0 aliphatic heterocycles. The highest BCUT2D eigenvalue weighted by Gasteiger charge is 2.28. The van der Waals surface area contributed by atoms with E-state index >= 15 is 0 Å². The van der Waals surface area contributed by atoms with Gasteiger partial charge in [0.15, 0.2) is 10.8 Å². The van der Waals surface area contributed by atoms with Crippen molar-refractivity contribution in [2.45, 2.75) is 31.3 Å². The fourth-order valence-corrected chi connectivity index (χ4v) is 3.43. The summed E-state index contributed by atoms with van der Waals surface area (Å²) in [5, 5.41) is 10.5. The minimum Gasteiger partial charge on any atom is -0.378 e. The summed E-state index contributed by atoms with van der Waals surface area (Å²) in [6.45, 7) is 0. The average molecular weight is 371 g/mol. The molecule has 0 atom stereocenters. The fraction of sp³-hybridized carbons (Fsp3) is 0.316. The minimum absolute atomic E-state index is 0.177. The van der Waals surface area contributed by atoms with Crippen molar-refractivity contribution in [3.8, 4) is 23.2 Å². The molecule has 1 saturated carbocycles. The van der Waals surface area contributed by atoms with E-state index < -0.39 is 5.60 Å². The summed E-state index contributed by atoms with van der Waals surface area (Å²) >= 11 is 6.27. The molecule has 132 valence electrons. The Bertz CT molecular complexity index is 1060. The van der Waals surface area contributed by atoms with E-state index in [4.69, 9.17) is 11.6 Å². The first-order chi connectivity index (χ1) is 12.5. The maximum Gasteiger partial charge on any atom is 0.208 e. The van der Waals surface area contributed by atoms with Gasteiger partial charge in [-0.3, -0.25) is 0 Å². The summed E-state index contributed by atoms with van der Waals surface area (Å²) in [5.74, 6) is 6.14. The van der Waals surface area contributed by atoms with Crippen LogP contribution in [0.5, 0.6) is 0 Å². The van der Waals surface area contributed by atoms with Crippen LogP contribution in [-0.4, -0.2) is 30.2 Å². The van der Waals surface area contributed by atoms with E-state index in [1.807, 2.05) is 0 Å². The van der Waals surface area contributed by atoms with Crippen molar-refractivity contribution in [1.82, 2.24) is 19.5 Å². The normalized spacial score (nSPS) is 15.8. The number of imidazole rings is 1. The number of aryl methyl sites for hydroxylation is 1. The second kappa shape index (κ2) is 6.35. The second-order valence-corrected chi connectivity index (χ2v) is 6.86. The van der Waals surface area contributed by atoms with Crippen LogP contribution >= 0.6 is 11.6 Å². The van der Waals surface area contributed by atoms with Crippen molar-refractivity contribution < 1.29 is 9.50 Å². The van der Waals surface area contributed by atoms with Crippen molar-refractivity contribution in [3.63, 3.8) is 0 Å². The molecule has 1 fully saturated rings. The van der Waals surface area contributed by atoms with Gasteiger partial charge in [0.1, 0.15) is 22.8 Å². The molecule has 7 heteroatoms. The van der Waals surface area contributed by atoms with Crippen LogP contribution in [0.2, 0.25) is 5.15 Å². The van der Waals surface area contributed by atoms with Gasteiger partial charge in [-0.15, -0.1) is 0 Å². The van der Waals surface area contributed by atoms with Gasteiger partial charge in [0.25, 0.3) is 0 Å². The van der Waals surface area contributed by atoms with Gasteiger partial charge in [0.2, 0.25) is 5.82 Å². The lowest BCUT2D eigenvalue weighted by Crippen LogP contribution is -2.20. The smallest absolute Gasteiger partial charge is 0.208 e. The number of benzene rings is 1. The van der Waals surface area contributed by atoms with Gasteiger partial charge < -0.3 is 9.67 Å². The van der Waals surface area contributed by atoms with E-state index in [0.717, 1.165) is 12.8 Å². The van der Waals surface area contributed by atoms with Gasteiger partial charge in [-0.05, 0) is 43.7 Å². The highest BCUT2D eigenvalue weighted by atomic mass is 35.5.